The van der Waals surface area contributed by atoms with Crippen molar-refractivity contribution >= 4 is 16.2 Å². The standard InChI is InChI=1S/C6H14N2O4S/c1-7(2)13(10,11)8(3)5-6(9)12-4/h5H2,1-4H3. The first-order valence-electron chi connectivity index (χ1n) is 3.53. The second-order valence-electron chi connectivity index (χ2n) is 2.62. The van der Waals surface area contributed by atoms with Crippen molar-refractivity contribution in [2.24, 2.45) is 0 Å². The molecule has 0 rings (SSSR count). The lowest BCUT2D eigenvalue weighted by molar-refractivity contribution is -0.140. The maximum Gasteiger partial charge on any atom is 0.321 e. The summed E-state index contributed by atoms with van der Waals surface area (Å²) in [5.41, 5.74) is 0. The van der Waals surface area contributed by atoms with Crippen molar-refractivity contribution < 1.29 is 17.9 Å². The van der Waals surface area contributed by atoms with E-state index in [-0.39, 0.29) is 6.54 Å². The minimum atomic E-state index is -3.52. The highest BCUT2D eigenvalue weighted by Gasteiger charge is 2.22. The number of ether oxygens (including phenoxy) is 1. The summed E-state index contributed by atoms with van der Waals surface area (Å²) in [5.74, 6) is -0.590. The zero-order chi connectivity index (χ0) is 10.6. The molecule has 6 nitrogen and oxygen atoms in total. The van der Waals surface area contributed by atoms with Gasteiger partial charge in [-0.1, -0.05) is 0 Å². The van der Waals surface area contributed by atoms with Gasteiger partial charge in [-0.3, -0.25) is 4.79 Å². The molecule has 7 heteroatoms. The molecule has 0 aromatic carbocycles. The Morgan fingerprint density at radius 3 is 2.08 bits per heavy atom. The van der Waals surface area contributed by atoms with Crippen LogP contribution in [0, 0.1) is 0 Å². The fourth-order valence-electron chi connectivity index (χ4n) is 0.607. The zero-order valence-corrected chi connectivity index (χ0v) is 8.96. The molecular weight excluding hydrogens is 196 g/mol. The zero-order valence-electron chi connectivity index (χ0n) is 8.14. The summed E-state index contributed by atoms with van der Waals surface area (Å²) in [5, 5.41) is 0. The molecule has 0 unspecified atom stereocenters. The maximum absolute atomic E-state index is 11.3. The normalized spacial score (nSPS) is 12.2. The van der Waals surface area contributed by atoms with E-state index in [1.165, 1.54) is 28.3 Å². The van der Waals surface area contributed by atoms with Crippen molar-refractivity contribution in [1.29, 1.82) is 0 Å². The number of methoxy groups -OCH3 is 1. The number of hydrogen-bond acceptors (Lipinski definition) is 4. The minimum Gasteiger partial charge on any atom is -0.468 e. The van der Waals surface area contributed by atoms with Crippen LogP contribution in [0.3, 0.4) is 0 Å². The molecule has 0 atom stereocenters. The van der Waals surface area contributed by atoms with Gasteiger partial charge in [-0.05, 0) is 0 Å². The average Bonchev–Trinajstić information content (AvgIpc) is 2.03. The fourth-order valence-corrected chi connectivity index (χ4v) is 1.43. The molecule has 0 aliphatic rings. The molecule has 0 saturated heterocycles. The molecule has 0 aliphatic carbocycles. The Bertz CT molecular complexity index is 272. The van der Waals surface area contributed by atoms with Crippen LogP contribution in [0.15, 0.2) is 0 Å². The number of likely N-dealkylation sites (N-methyl/N-ethyl adjacent to an activating group) is 1. The van der Waals surface area contributed by atoms with E-state index in [1.54, 1.807) is 0 Å². The van der Waals surface area contributed by atoms with Crippen LogP contribution in [-0.2, 0) is 19.7 Å². The lowest BCUT2D eigenvalue weighted by atomic mass is 10.7. The van der Waals surface area contributed by atoms with Gasteiger partial charge in [0.25, 0.3) is 10.2 Å². The third kappa shape index (κ3) is 3.29. The fraction of sp³-hybridized carbons (Fsp3) is 0.833. The van der Waals surface area contributed by atoms with E-state index in [0.29, 0.717) is 0 Å². The Labute approximate surface area is 78.3 Å². The van der Waals surface area contributed by atoms with E-state index in [4.69, 9.17) is 0 Å². The van der Waals surface area contributed by atoms with Gasteiger partial charge in [-0.2, -0.15) is 17.0 Å². The summed E-state index contributed by atoms with van der Waals surface area (Å²) in [6.45, 7) is -0.281. The molecule has 0 N–H and O–H groups in total. The van der Waals surface area contributed by atoms with Crippen LogP contribution in [0.5, 0.6) is 0 Å². The Morgan fingerprint density at radius 2 is 1.77 bits per heavy atom. The highest BCUT2D eigenvalue weighted by Crippen LogP contribution is 2.00. The van der Waals surface area contributed by atoms with Gasteiger partial charge in [0.15, 0.2) is 0 Å². The molecule has 0 spiro atoms. The quantitative estimate of drug-likeness (QED) is 0.552. The number of nitrogens with zero attached hydrogens (tertiary/aromatic N) is 2. The predicted molar refractivity (Wildman–Crippen MR) is 47.3 cm³/mol. The van der Waals surface area contributed by atoms with Gasteiger partial charge in [0, 0.05) is 21.1 Å². The summed E-state index contributed by atoms with van der Waals surface area (Å²) < 4.78 is 28.9. The van der Waals surface area contributed by atoms with Gasteiger partial charge in [-0.25, -0.2) is 0 Å². The molecule has 78 valence electrons. The molecule has 0 aromatic heterocycles. The van der Waals surface area contributed by atoms with Crippen molar-refractivity contribution in [3.63, 3.8) is 0 Å². The van der Waals surface area contributed by atoms with Crippen LogP contribution in [0.2, 0.25) is 0 Å². The molecule has 0 saturated carbocycles. The van der Waals surface area contributed by atoms with Crippen molar-refractivity contribution in [1.82, 2.24) is 8.61 Å². The lowest BCUT2D eigenvalue weighted by Crippen LogP contribution is -2.40. The molecule has 0 amide bonds. The number of rotatable bonds is 4. The van der Waals surface area contributed by atoms with E-state index in [0.717, 1.165) is 8.61 Å². The second-order valence-corrected chi connectivity index (χ2v) is 4.87. The molecule has 0 heterocycles. The molecule has 0 aliphatic heterocycles. The molecule has 0 bridgehead atoms. The van der Waals surface area contributed by atoms with E-state index in [2.05, 4.69) is 4.74 Å². The largest absolute Gasteiger partial charge is 0.468 e. The smallest absolute Gasteiger partial charge is 0.321 e. The SMILES string of the molecule is COC(=O)CN(C)S(=O)(=O)N(C)C. The molecule has 0 fully saturated rings. The van der Waals surface area contributed by atoms with Gasteiger partial charge in [-0.15, -0.1) is 0 Å². The Balaban J connectivity index is 4.44. The second kappa shape index (κ2) is 4.54. The first-order chi connectivity index (χ1) is 5.82. The van der Waals surface area contributed by atoms with Crippen molar-refractivity contribution in [3.8, 4) is 0 Å². The number of esters is 1. The summed E-state index contributed by atoms with van der Waals surface area (Å²) >= 11 is 0. The number of carbonyl (C=O) groups excluding carboxylic acids is 1. The van der Waals surface area contributed by atoms with E-state index in [9.17, 15) is 13.2 Å². The van der Waals surface area contributed by atoms with Crippen LogP contribution >= 0.6 is 0 Å². The molecule has 0 radical (unpaired) electrons. The average molecular weight is 210 g/mol. The number of hydrogen-bond donors (Lipinski definition) is 0. The monoisotopic (exact) mass is 210 g/mol. The first-order valence-corrected chi connectivity index (χ1v) is 4.92. The highest BCUT2D eigenvalue weighted by atomic mass is 32.2. The van der Waals surface area contributed by atoms with Crippen LogP contribution < -0.4 is 0 Å². The molecule has 0 aromatic rings. The topological polar surface area (TPSA) is 66.9 Å². The Kier molecular flexibility index (Phi) is 4.31. The molecular formula is C6H14N2O4S. The third-order valence-corrected chi connectivity index (χ3v) is 3.27. The summed E-state index contributed by atoms with van der Waals surface area (Å²) in [6, 6.07) is 0. The Hall–Kier alpha value is -0.660. The predicted octanol–water partition coefficient (Wildman–Crippen LogP) is -1.10. The summed E-state index contributed by atoms with van der Waals surface area (Å²) in [4.78, 5) is 10.7. The van der Waals surface area contributed by atoms with Crippen LogP contribution in [-0.4, -0.2) is 57.8 Å². The van der Waals surface area contributed by atoms with Crippen LogP contribution in [0.4, 0.5) is 0 Å². The van der Waals surface area contributed by atoms with Gasteiger partial charge in [0.05, 0.1) is 7.11 Å². The molecule has 13 heavy (non-hydrogen) atoms. The Morgan fingerprint density at radius 1 is 1.31 bits per heavy atom. The van der Waals surface area contributed by atoms with E-state index >= 15 is 0 Å². The first kappa shape index (κ1) is 12.3. The van der Waals surface area contributed by atoms with Crippen molar-refractivity contribution in [2.45, 2.75) is 0 Å². The van der Waals surface area contributed by atoms with Gasteiger partial charge in [0.1, 0.15) is 6.54 Å². The van der Waals surface area contributed by atoms with Crippen LogP contribution in [0.25, 0.3) is 0 Å². The van der Waals surface area contributed by atoms with Crippen LogP contribution in [0.1, 0.15) is 0 Å². The minimum absolute atomic E-state index is 0.281. The van der Waals surface area contributed by atoms with E-state index in [1.807, 2.05) is 0 Å². The number of carbonyl (C=O) groups is 1. The summed E-state index contributed by atoms with van der Waals surface area (Å²) in [7, 11) is 1.79. The maximum atomic E-state index is 11.3. The van der Waals surface area contributed by atoms with Crippen molar-refractivity contribution in [3.05, 3.63) is 0 Å². The van der Waals surface area contributed by atoms with Gasteiger partial charge < -0.3 is 4.74 Å². The third-order valence-electron chi connectivity index (χ3n) is 1.43. The van der Waals surface area contributed by atoms with Gasteiger partial charge in [0.2, 0.25) is 0 Å². The van der Waals surface area contributed by atoms with E-state index < -0.39 is 16.2 Å². The van der Waals surface area contributed by atoms with Gasteiger partial charge >= 0.3 is 5.97 Å². The van der Waals surface area contributed by atoms with Crippen molar-refractivity contribution in [2.75, 3.05) is 34.8 Å². The summed E-state index contributed by atoms with van der Waals surface area (Å²) in [6.07, 6.45) is 0. The lowest BCUT2D eigenvalue weighted by Gasteiger charge is -2.19. The highest BCUT2D eigenvalue weighted by molar-refractivity contribution is 7.86.